The van der Waals surface area contributed by atoms with Crippen molar-refractivity contribution in [1.29, 1.82) is 0 Å². The summed E-state index contributed by atoms with van der Waals surface area (Å²) < 4.78 is 0. The predicted molar refractivity (Wildman–Crippen MR) is 48.2 cm³/mol. The summed E-state index contributed by atoms with van der Waals surface area (Å²) in [5, 5.41) is 7.76. The van der Waals surface area contributed by atoms with E-state index in [0.717, 1.165) is 0 Å². The molecule has 2 N–H and O–H groups in total. The van der Waals surface area contributed by atoms with Crippen molar-refractivity contribution in [3.8, 4) is 0 Å². The quantitative estimate of drug-likeness (QED) is 0.753. The van der Waals surface area contributed by atoms with Crippen LogP contribution < -0.4 is 5.73 Å². The molecule has 1 aromatic rings. The Kier molecular flexibility index (Phi) is 7.72. The topological polar surface area (TPSA) is 56.7 Å². The molecule has 0 spiro atoms. The van der Waals surface area contributed by atoms with E-state index in [9.17, 15) is 0 Å². The van der Waals surface area contributed by atoms with E-state index in [1.165, 1.54) is 0 Å². The number of hydrogen-bond donors (Lipinski definition) is 1. The number of hydrogen-bond acceptors (Lipinski definition) is 3. The van der Waals surface area contributed by atoms with Crippen molar-refractivity contribution in [3.05, 3.63) is 12.4 Å². The van der Waals surface area contributed by atoms with Crippen molar-refractivity contribution < 1.29 is 0 Å². The highest BCUT2D eigenvalue weighted by Crippen LogP contribution is 1.81. The molecule has 0 saturated carbocycles. The van der Waals surface area contributed by atoms with Gasteiger partial charge in [-0.05, 0) is 6.92 Å². The maximum atomic E-state index is 5.48. The summed E-state index contributed by atoms with van der Waals surface area (Å²) in [5.41, 5.74) is 5.48. The molecule has 11 heavy (non-hydrogen) atoms. The van der Waals surface area contributed by atoms with Crippen LogP contribution in [0.4, 0.5) is 0 Å². The second-order valence-corrected chi connectivity index (χ2v) is 2.06. The van der Waals surface area contributed by atoms with Crippen LogP contribution in [0.25, 0.3) is 0 Å². The fourth-order valence-corrected chi connectivity index (χ4v) is 0.595. The molecule has 0 saturated heterocycles. The van der Waals surface area contributed by atoms with E-state index >= 15 is 0 Å². The third-order valence-corrected chi connectivity index (χ3v) is 0.918. The number of nitrogens with two attached hydrogens (primary N) is 1. The zero-order valence-corrected chi connectivity index (χ0v) is 7.81. The molecule has 1 rings (SSSR count). The van der Waals surface area contributed by atoms with E-state index in [0.29, 0.717) is 6.54 Å². The molecule has 0 aliphatic carbocycles. The van der Waals surface area contributed by atoms with E-state index in [1.54, 1.807) is 17.2 Å². The van der Waals surface area contributed by atoms with E-state index in [2.05, 4.69) is 10.2 Å². The summed E-state index contributed by atoms with van der Waals surface area (Å²) >= 11 is 0. The Morgan fingerprint density at radius 3 is 2.18 bits per heavy atom. The zero-order valence-electron chi connectivity index (χ0n) is 6.17. The van der Waals surface area contributed by atoms with Crippen molar-refractivity contribution in [2.45, 2.75) is 19.5 Å². The molecule has 0 amide bonds. The van der Waals surface area contributed by atoms with Crippen LogP contribution in [0.5, 0.6) is 0 Å². The number of halogens is 2. The number of aromatic nitrogens is 3. The van der Waals surface area contributed by atoms with Crippen LogP contribution in [0.3, 0.4) is 0 Å². The molecule has 4 nitrogen and oxygen atoms in total. The minimum atomic E-state index is 0. The summed E-state index contributed by atoms with van der Waals surface area (Å²) in [6, 6.07) is 0.123. The first kappa shape index (κ1) is 13.3. The highest BCUT2D eigenvalue weighted by atomic mass is 35.5. The average Bonchev–Trinajstić information content (AvgIpc) is 2.15. The van der Waals surface area contributed by atoms with Crippen molar-refractivity contribution >= 4 is 24.8 Å². The summed E-state index contributed by atoms with van der Waals surface area (Å²) in [6.07, 6.45) is 3.28. The molecule has 1 aromatic heterocycles. The van der Waals surface area contributed by atoms with Gasteiger partial charge in [0.05, 0.1) is 18.9 Å². The van der Waals surface area contributed by atoms with E-state index in [-0.39, 0.29) is 30.9 Å². The Labute approximate surface area is 78.0 Å². The Morgan fingerprint density at radius 2 is 1.82 bits per heavy atom. The number of rotatable bonds is 2. The summed E-state index contributed by atoms with van der Waals surface area (Å²) in [7, 11) is 0. The van der Waals surface area contributed by atoms with E-state index < -0.39 is 0 Å². The van der Waals surface area contributed by atoms with Gasteiger partial charge in [-0.25, -0.2) is 0 Å². The van der Waals surface area contributed by atoms with Gasteiger partial charge >= 0.3 is 0 Å². The number of nitrogens with zero attached hydrogens (tertiary/aromatic N) is 3. The fourth-order valence-electron chi connectivity index (χ4n) is 0.595. The monoisotopic (exact) mass is 198 g/mol. The second-order valence-electron chi connectivity index (χ2n) is 2.06. The molecule has 0 unspecified atom stereocenters. The maximum absolute atomic E-state index is 5.48. The van der Waals surface area contributed by atoms with Crippen LogP contribution in [0.1, 0.15) is 6.92 Å². The van der Waals surface area contributed by atoms with Crippen LogP contribution in [0, 0.1) is 0 Å². The average molecular weight is 199 g/mol. The first-order valence-electron chi connectivity index (χ1n) is 2.88. The molecule has 0 fully saturated rings. The minimum Gasteiger partial charge on any atom is -0.326 e. The lowest BCUT2D eigenvalue weighted by Gasteiger charge is -2.01. The van der Waals surface area contributed by atoms with Gasteiger partial charge in [-0.15, -0.1) is 24.8 Å². The fraction of sp³-hybridized carbons (Fsp3) is 0.600. The third kappa shape index (κ3) is 5.01. The molecular weight excluding hydrogens is 187 g/mol. The normalized spacial score (nSPS) is 11.1. The van der Waals surface area contributed by atoms with Crippen molar-refractivity contribution in [3.63, 3.8) is 0 Å². The first-order valence-corrected chi connectivity index (χ1v) is 2.88. The van der Waals surface area contributed by atoms with Crippen LogP contribution in [0.15, 0.2) is 12.4 Å². The Morgan fingerprint density at radius 1 is 1.36 bits per heavy atom. The third-order valence-electron chi connectivity index (χ3n) is 0.918. The Bertz CT molecular complexity index is 163. The smallest absolute Gasteiger partial charge is 0.0755 e. The highest BCUT2D eigenvalue weighted by molar-refractivity contribution is 5.85. The summed E-state index contributed by atoms with van der Waals surface area (Å²) in [4.78, 5) is 1.57. The lowest BCUT2D eigenvalue weighted by Crippen LogP contribution is -2.23. The lowest BCUT2D eigenvalue weighted by molar-refractivity contribution is 0.482. The van der Waals surface area contributed by atoms with Gasteiger partial charge in [-0.2, -0.15) is 15.0 Å². The van der Waals surface area contributed by atoms with Gasteiger partial charge in [-0.3, -0.25) is 0 Å². The van der Waals surface area contributed by atoms with E-state index in [4.69, 9.17) is 5.73 Å². The molecule has 1 atom stereocenters. The van der Waals surface area contributed by atoms with Crippen LogP contribution in [-0.4, -0.2) is 21.0 Å². The van der Waals surface area contributed by atoms with Crippen LogP contribution >= 0.6 is 24.8 Å². The Hall–Kier alpha value is -0.320. The first-order chi connectivity index (χ1) is 4.29. The molecule has 0 aromatic carbocycles. The SMILES string of the molecule is C[C@H](N)Cn1nccn1.Cl.Cl. The van der Waals surface area contributed by atoms with Gasteiger partial charge in [0.15, 0.2) is 0 Å². The molecule has 6 heteroatoms. The van der Waals surface area contributed by atoms with Crippen molar-refractivity contribution in [2.75, 3.05) is 0 Å². The van der Waals surface area contributed by atoms with Gasteiger partial charge in [-0.1, -0.05) is 0 Å². The summed E-state index contributed by atoms with van der Waals surface area (Å²) in [5.74, 6) is 0. The van der Waals surface area contributed by atoms with Gasteiger partial charge in [0.25, 0.3) is 0 Å². The van der Waals surface area contributed by atoms with E-state index in [1.807, 2.05) is 6.92 Å². The molecule has 0 aliphatic rings. The van der Waals surface area contributed by atoms with Crippen LogP contribution in [-0.2, 0) is 6.54 Å². The molecule has 66 valence electrons. The zero-order chi connectivity index (χ0) is 6.69. The van der Waals surface area contributed by atoms with Crippen molar-refractivity contribution in [1.82, 2.24) is 15.0 Å². The predicted octanol–water partition coefficient (Wildman–Crippen LogP) is 0.469. The largest absolute Gasteiger partial charge is 0.326 e. The molecule has 0 bridgehead atoms. The molecule has 0 aliphatic heterocycles. The lowest BCUT2D eigenvalue weighted by atomic mass is 10.4. The minimum absolute atomic E-state index is 0. The molecular formula is C5H12Cl2N4. The highest BCUT2D eigenvalue weighted by Gasteiger charge is 1.94. The van der Waals surface area contributed by atoms with Gasteiger partial charge in [0.1, 0.15) is 0 Å². The standard InChI is InChI=1S/C5H10N4.2ClH/c1-5(6)4-9-7-2-3-8-9;;/h2-3,5H,4,6H2,1H3;2*1H/t5-;;/m0../s1. The second kappa shape index (κ2) is 6.39. The van der Waals surface area contributed by atoms with Gasteiger partial charge in [0.2, 0.25) is 0 Å². The van der Waals surface area contributed by atoms with Gasteiger partial charge in [0, 0.05) is 6.04 Å². The van der Waals surface area contributed by atoms with Gasteiger partial charge < -0.3 is 5.73 Å². The summed E-state index contributed by atoms with van der Waals surface area (Å²) in [6.45, 7) is 2.61. The molecule has 1 heterocycles. The maximum Gasteiger partial charge on any atom is 0.0755 e. The van der Waals surface area contributed by atoms with Crippen molar-refractivity contribution in [2.24, 2.45) is 5.73 Å². The Balaban J connectivity index is 0. The molecule has 0 radical (unpaired) electrons. The van der Waals surface area contributed by atoms with Crippen LogP contribution in [0.2, 0.25) is 0 Å².